The highest BCUT2D eigenvalue weighted by Crippen LogP contribution is 2.17. The number of nitrogens with two attached hydrogens (primary N) is 1. The zero-order valence-corrected chi connectivity index (χ0v) is 12.5. The van der Waals surface area contributed by atoms with Gasteiger partial charge in [-0.1, -0.05) is 18.6 Å². The van der Waals surface area contributed by atoms with Crippen molar-refractivity contribution < 1.29 is 4.79 Å². The Morgan fingerprint density at radius 2 is 2.35 bits per heavy atom. The number of likely N-dealkylation sites (tertiary alicyclic amines) is 1. The van der Waals surface area contributed by atoms with E-state index in [2.05, 4.69) is 24.2 Å². The third kappa shape index (κ3) is 3.56. The van der Waals surface area contributed by atoms with Gasteiger partial charge in [-0.25, -0.2) is 4.68 Å². The molecule has 0 radical (unpaired) electrons. The minimum atomic E-state index is -0.0854. The lowest BCUT2D eigenvalue weighted by Crippen LogP contribution is -2.43. The lowest BCUT2D eigenvalue weighted by molar-refractivity contribution is -0.135. The Morgan fingerprint density at radius 1 is 1.55 bits per heavy atom. The Bertz CT molecular complexity index is 445. The van der Waals surface area contributed by atoms with Gasteiger partial charge in [0.2, 0.25) is 5.91 Å². The maximum atomic E-state index is 12.3. The maximum absolute atomic E-state index is 12.3. The Labute approximate surface area is 120 Å². The second-order valence-corrected chi connectivity index (χ2v) is 5.67. The summed E-state index contributed by atoms with van der Waals surface area (Å²) in [4.78, 5) is 14.2. The maximum Gasteiger partial charge on any atom is 0.244 e. The molecule has 2 N–H and O–H groups in total. The Morgan fingerprint density at radius 3 is 3.05 bits per heavy atom. The van der Waals surface area contributed by atoms with Gasteiger partial charge in [-0.05, 0) is 32.6 Å². The average molecular weight is 279 g/mol. The molecule has 20 heavy (non-hydrogen) atoms. The van der Waals surface area contributed by atoms with E-state index in [-0.39, 0.29) is 18.5 Å². The van der Waals surface area contributed by atoms with Crippen molar-refractivity contribution in [2.75, 3.05) is 6.54 Å². The normalized spacial score (nSPS) is 20.9. The molecule has 2 atom stereocenters. The molecule has 0 saturated carbocycles. The first-order chi connectivity index (χ1) is 9.61. The molecule has 1 saturated heterocycles. The van der Waals surface area contributed by atoms with Gasteiger partial charge in [-0.15, -0.1) is 5.10 Å². The number of carbonyl (C=O) groups is 1. The second kappa shape index (κ2) is 6.83. The number of aromatic nitrogens is 3. The molecule has 2 unspecified atom stereocenters. The number of nitrogens with zero attached hydrogens (tertiary/aromatic N) is 4. The number of piperidine rings is 1. The molecular weight excluding hydrogens is 254 g/mol. The van der Waals surface area contributed by atoms with Gasteiger partial charge in [0.05, 0.1) is 17.9 Å². The molecule has 1 aliphatic heterocycles. The van der Waals surface area contributed by atoms with E-state index in [4.69, 9.17) is 5.73 Å². The van der Waals surface area contributed by atoms with Gasteiger partial charge < -0.3 is 10.6 Å². The lowest BCUT2D eigenvalue weighted by Gasteiger charge is -2.33. The molecule has 0 spiro atoms. The molecule has 6 nitrogen and oxygen atoms in total. The fourth-order valence-corrected chi connectivity index (χ4v) is 2.72. The number of amides is 1. The Kier molecular flexibility index (Phi) is 5.11. The van der Waals surface area contributed by atoms with Crippen LogP contribution in [0.5, 0.6) is 0 Å². The van der Waals surface area contributed by atoms with Crippen molar-refractivity contribution in [2.24, 2.45) is 5.73 Å². The number of carbonyl (C=O) groups excluding carboxylic acids is 1. The van der Waals surface area contributed by atoms with Crippen LogP contribution >= 0.6 is 0 Å². The van der Waals surface area contributed by atoms with Crippen LogP contribution in [0.1, 0.15) is 57.7 Å². The summed E-state index contributed by atoms with van der Waals surface area (Å²) >= 11 is 0. The predicted octanol–water partition coefficient (Wildman–Crippen LogP) is 1.48. The topological polar surface area (TPSA) is 77.0 Å². The lowest BCUT2D eigenvalue weighted by atomic mass is 10.0. The molecule has 2 rings (SSSR count). The number of rotatable bonds is 5. The summed E-state index contributed by atoms with van der Waals surface area (Å²) < 4.78 is 1.61. The summed E-state index contributed by atoms with van der Waals surface area (Å²) in [5.41, 5.74) is 6.77. The van der Waals surface area contributed by atoms with E-state index in [1.807, 2.05) is 4.90 Å². The molecule has 1 fully saturated rings. The largest absolute Gasteiger partial charge is 0.338 e. The van der Waals surface area contributed by atoms with E-state index in [9.17, 15) is 4.79 Å². The van der Waals surface area contributed by atoms with Crippen LogP contribution in [0.4, 0.5) is 0 Å². The third-order valence-electron chi connectivity index (χ3n) is 3.96. The Hall–Kier alpha value is -1.43. The van der Waals surface area contributed by atoms with Crippen LogP contribution < -0.4 is 5.73 Å². The van der Waals surface area contributed by atoms with Gasteiger partial charge in [-0.2, -0.15) is 0 Å². The van der Waals surface area contributed by atoms with Crippen molar-refractivity contribution in [3.8, 4) is 0 Å². The van der Waals surface area contributed by atoms with Crippen molar-refractivity contribution in [3.05, 3.63) is 11.9 Å². The smallest absolute Gasteiger partial charge is 0.244 e. The third-order valence-corrected chi connectivity index (χ3v) is 3.96. The van der Waals surface area contributed by atoms with E-state index in [0.717, 1.165) is 37.9 Å². The zero-order valence-electron chi connectivity index (χ0n) is 12.5. The second-order valence-electron chi connectivity index (χ2n) is 5.67. The van der Waals surface area contributed by atoms with Gasteiger partial charge in [0.1, 0.15) is 6.54 Å². The van der Waals surface area contributed by atoms with E-state index in [1.54, 1.807) is 10.9 Å². The van der Waals surface area contributed by atoms with Gasteiger partial charge in [-0.3, -0.25) is 4.79 Å². The highest BCUT2D eigenvalue weighted by molar-refractivity contribution is 5.76. The monoisotopic (exact) mass is 279 g/mol. The standard InChI is InChI=1S/C14H25N5O/c1-3-6-12(15)13-9-18(17-16-13)10-14(20)19-8-5-4-7-11(19)2/h9,11-12H,3-8,10,15H2,1-2H3. The molecule has 1 amide bonds. The predicted molar refractivity (Wildman–Crippen MR) is 76.9 cm³/mol. The summed E-state index contributed by atoms with van der Waals surface area (Å²) in [6, 6.07) is 0.249. The van der Waals surface area contributed by atoms with Gasteiger partial charge in [0.25, 0.3) is 0 Å². The van der Waals surface area contributed by atoms with E-state index in [1.165, 1.54) is 6.42 Å². The quantitative estimate of drug-likeness (QED) is 0.885. The molecule has 6 heteroatoms. The number of hydrogen-bond donors (Lipinski definition) is 1. The van der Waals surface area contributed by atoms with Crippen LogP contribution in [0.3, 0.4) is 0 Å². The van der Waals surface area contributed by atoms with E-state index < -0.39 is 0 Å². The molecule has 0 aliphatic carbocycles. The van der Waals surface area contributed by atoms with E-state index in [0.29, 0.717) is 6.04 Å². The SMILES string of the molecule is CCCC(N)c1cn(CC(=O)N2CCCCC2C)nn1. The number of hydrogen-bond acceptors (Lipinski definition) is 4. The zero-order chi connectivity index (χ0) is 14.5. The van der Waals surface area contributed by atoms with Crippen LogP contribution in [0.15, 0.2) is 6.20 Å². The minimum absolute atomic E-state index is 0.0854. The van der Waals surface area contributed by atoms with Gasteiger partial charge in [0, 0.05) is 12.6 Å². The average Bonchev–Trinajstić information content (AvgIpc) is 2.88. The molecule has 112 valence electrons. The molecule has 1 aromatic heterocycles. The molecule has 0 aromatic carbocycles. The minimum Gasteiger partial charge on any atom is -0.338 e. The van der Waals surface area contributed by atoms with Crippen molar-refractivity contribution in [2.45, 2.75) is 64.6 Å². The van der Waals surface area contributed by atoms with Gasteiger partial charge in [0.15, 0.2) is 0 Å². The van der Waals surface area contributed by atoms with Crippen LogP contribution in [0.25, 0.3) is 0 Å². The molecule has 0 bridgehead atoms. The Balaban J connectivity index is 1.94. The summed E-state index contributed by atoms with van der Waals surface area (Å²) in [6.45, 7) is 5.32. The first-order valence-electron chi connectivity index (χ1n) is 7.57. The molecular formula is C14H25N5O. The first kappa shape index (κ1) is 15.0. The summed E-state index contributed by atoms with van der Waals surface area (Å²) in [6.07, 6.45) is 7.10. The van der Waals surface area contributed by atoms with Crippen molar-refractivity contribution in [1.29, 1.82) is 0 Å². The highest BCUT2D eigenvalue weighted by Gasteiger charge is 2.23. The van der Waals surface area contributed by atoms with Crippen LogP contribution in [-0.2, 0) is 11.3 Å². The van der Waals surface area contributed by atoms with Crippen molar-refractivity contribution in [1.82, 2.24) is 19.9 Å². The van der Waals surface area contributed by atoms with Crippen LogP contribution in [0.2, 0.25) is 0 Å². The fourth-order valence-electron chi connectivity index (χ4n) is 2.72. The fraction of sp³-hybridized carbons (Fsp3) is 0.786. The van der Waals surface area contributed by atoms with Crippen LogP contribution in [0, 0.1) is 0 Å². The van der Waals surface area contributed by atoms with Crippen molar-refractivity contribution in [3.63, 3.8) is 0 Å². The highest BCUT2D eigenvalue weighted by atomic mass is 16.2. The summed E-state index contributed by atoms with van der Waals surface area (Å²) in [7, 11) is 0. The van der Waals surface area contributed by atoms with Gasteiger partial charge >= 0.3 is 0 Å². The molecule has 1 aliphatic rings. The van der Waals surface area contributed by atoms with Crippen molar-refractivity contribution >= 4 is 5.91 Å². The molecule has 2 heterocycles. The summed E-state index contributed by atoms with van der Waals surface area (Å²) in [5.74, 6) is 0.123. The van der Waals surface area contributed by atoms with Crippen LogP contribution in [-0.4, -0.2) is 38.4 Å². The molecule has 1 aromatic rings. The summed E-state index contributed by atoms with van der Waals surface area (Å²) in [5, 5.41) is 8.09. The van der Waals surface area contributed by atoms with E-state index >= 15 is 0 Å². The first-order valence-corrected chi connectivity index (χ1v) is 7.57.